The molecule has 1 rings (SSSR count). The fourth-order valence-electron chi connectivity index (χ4n) is 2.16. The summed E-state index contributed by atoms with van der Waals surface area (Å²) in [4.78, 5) is 0. The van der Waals surface area contributed by atoms with Crippen LogP contribution in [0.15, 0.2) is 18.2 Å². The van der Waals surface area contributed by atoms with Crippen molar-refractivity contribution in [3.63, 3.8) is 0 Å². The summed E-state index contributed by atoms with van der Waals surface area (Å²) in [6.45, 7) is 11.3. The topological polar surface area (TPSA) is 61.7 Å². The van der Waals surface area contributed by atoms with E-state index in [1.54, 1.807) is 0 Å². The minimum absolute atomic E-state index is 0.0301. The van der Waals surface area contributed by atoms with Crippen molar-refractivity contribution in [3.05, 3.63) is 29.3 Å². The normalized spacial score (nSPS) is 14.7. The van der Waals surface area contributed by atoms with Gasteiger partial charge in [-0.3, -0.25) is 0 Å². The van der Waals surface area contributed by atoms with Crippen LogP contribution in [0.4, 0.5) is 0 Å². The number of benzene rings is 1. The smallest absolute Gasteiger partial charge is 0.122 e. The van der Waals surface area contributed by atoms with Crippen molar-refractivity contribution in [1.29, 1.82) is 0 Å². The average Bonchev–Trinajstić information content (AvgIpc) is 2.46. The van der Waals surface area contributed by atoms with Crippen molar-refractivity contribution in [3.8, 4) is 5.75 Å². The van der Waals surface area contributed by atoms with Crippen molar-refractivity contribution in [2.45, 2.75) is 58.6 Å². The summed E-state index contributed by atoms with van der Waals surface area (Å²) >= 11 is 0. The lowest BCUT2D eigenvalue weighted by Crippen LogP contribution is -2.39. The summed E-state index contributed by atoms with van der Waals surface area (Å²) in [7, 11) is 0. The molecule has 0 aliphatic rings. The fourth-order valence-corrected chi connectivity index (χ4v) is 2.16. The number of hydrogen-bond acceptors (Lipinski definition) is 4. The highest BCUT2D eigenvalue weighted by molar-refractivity contribution is 5.38. The maximum Gasteiger partial charge on any atom is 0.122 e. The zero-order chi connectivity index (χ0) is 16.8. The molecule has 0 aliphatic heterocycles. The number of hydrogen-bond donors (Lipinski definition) is 3. The van der Waals surface area contributed by atoms with E-state index in [0.717, 1.165) is 17.7 Å². The number of aliphatic hydroxyl groups is 2. The van der Waals surface area contributed by atoms with Gasteiger partial charge in [0.05, 0.1) is 6.61 Å². The summed E-state index contributed by atoms with van der Waals surface area (Å²) in [5, 5.41) is 22.2. The van der Waals surface area contributed by atoms with Crippen LogP contribution in [-0.4, -0.2) is 42.1 Å². The lowest BCUT2D eigenvalue weighted by Gasteiger charge is -2.21. The Morgan fingerprint density at radius 2 is 1.95 bits per heavy atom. The molecule has 1 aromatic rings. The molecule has 0 saturated heterocycles. The van der Waals surface area contributed by atoms with Crippen LogP contribution in [0.25, 0.3) is 0 Å². The van der Waals surface area contributed by atoms with Crippen LogP contribution < -0.4 is 10.1 Å². The molecule has 0 amide bonds. The first-order valence-corrected chi connectivity index (χ1v) is 8.04. The zero-order valence-corrected chi connectivity index (χ0v) is 14.5. The highest BCUT2D eigenvalue weighted by atomic mass is 16.5. The van der Waals surface area contributed by atoms with Gasteiger partial charge in [-0.1, -0.05) is 39.8 Å². The molecule has 0 aliphatic carbocycles. The molecule has 0 radical (unpaired) electrons. The molecule has 0 heterocycles. The highest BCUT2D eigenvalue weighted by Gasteiger charge is 2.15. The van der Waals surface area contributed by atoms with E-state index < -0.39 is 6.10 Å². The SMILES string of the molecule is CC[C@H](CO)NC[C@@H](O)COc1ccc(C(C)(C)C)cc1C. The molecule has 3 N–H and O–H groups in total. The first kappa shape index (κ1) is 18.9. The van der Waals surface area contributed by atoms with Gasteiger partial charge >= 0.3 is 0 Å². The van der Waals surface area contributed by atoms with E-state index in [-0.39, 0.29) is 24.7 Å². The minimum Gasteiger partial charge on any atom is -0.491 e. The Balaban J connectivity index is 2.51. The highest BCUT2D eigenvalue weighted by Crippen LogP contribution is 2.27. The van der Waals surface area contributed by atoms with Crippen molar-refractivity contribution >= 4 is 0 Å². The summed E-state index contributed by atoms with van der Waals surface area (Å²) in [5.41, 5.74) is 2.47. The Labute approximate surface area is 134 Å². The number of rotatable bonds is 8. The van der Waals surface area contributed by atoms with Gasteiger partial charge in [-0.15, -0.1) is 0 Å². The van der Waals surface area contributed by atoms with Gasteiger partial charge in [0.25, 0.3) is 0 Å². The van der Waals surface area contributed by atoms with E-state index in [1.807, 2.05) is 19.9 Å². The Hall–Kier alpha value is -1.10. The molecule has 0 bridgehead atoms. The molecule has 126 valence electrons. The first-order valence-electron chi connectivity index (χ1n) is 8.04. The maximum absolute atomic E-state index is 9.96. The molecule has 4 nitrogen and oxygen atoms in total. The van der Waals surface area contributed by atoms with Crippen molar-refractivity contribution in [2.75, 3.05) is 19.8 Å². The van der Waals surface area contributed by atoms with Gasteiger partial charge in [0.1, 0.15) is 18.5 Å². The predicted octanol–water partition coefficient (Wildman–Crippen LogP) is 2.39. The average molecular weight is 309 g/mol. The summed E-state index contributed by atoms with van der Waals surface area (Å²) in [6, 6.07) is 6.21. The van der Waals surface area contributed by atoms with Crippen LogP contribution in [0.3, 0.4) is 0 Å². The zero-order valence-electron chi connectivity index (χ0n) is 14.5. The second kappa shape index (κ2) is 8.51. The lowest BCUT2D eigenvalue weighted by atomic mass is 9.86. The van der Waals surface area contributed by atoms with Crippen molar-refractivity contribution < 1.29 is 14.9 Å². The molecular formula is C18H31NO3. The van der Waals surface area contributed by atoms with Crippen LogP contribution in [-0.2, 0) is 5.41 Å². The number of ether oxygens (including phenoxy) is 1. The largest absolute Gasteiger partial charge is 0.491 e. The van der Waals surface area contributed by atoms with Crippen LogP contribution in [0, 0.1) is 6.92 Å². The van der Waals surface area contributed by atoms with Gasteiger partial charge < -0.3 is 20.3 Å². The standard InChI is InChI=1S/C18H31NO3/c1-6-15(11-20)19-10-16(21)12-22-17-8-7-14(9-13(17)2)18(3,4)5/h7-9,15-16,19-21H,6,10-12H2,1-5H3/t15-,16-/m1/s1. The van der Waals surface area contributed by atoms with Gasteiger partial charge in [0.15, 0.2) is 0 Å². The van der Waals surface area contributed by atoms with E-state index in [4.69, 9.17) is 9.84 Å². The van der Waals surface area contributed by atoms with E-state index in [9.17, 15) is 5.11 Å². The quantitative estimate of drug-likeness (QED) is 0.690. The molecule has 0 spiro atoms. The van der Waals surface area contributed by atoms with Crippen LogP contribution in [0.2, 0.25) is 0 Å². The monoisotopic (exact) mass is 309 g/mol. The predicted molar refractivity (Wildman–Crippen MR) is 90.5 cm³/mol. The number of nitrogens with one attached hydrogen (secondary N) is 1. The molecular weight excluding hydrogens is 278 g/mol. The van der Waals surface area contributed by atoms with E-state index >= 15 is 0 Å². The van der Waals surface area contributed by atoms with Gasteiger partial charge in [-0.05, 0) is 36.0 Å². The van der Waals surface area contributed by atoms with Gasteiger partial charge in [0, 0.05) is 12.6 Å². The van der Waals surface area contributed by atoms with Gasteiger partial charge in [-0.2, -0.15) is 0 Å². The number of aryl methyl sites for hydroxylation is 1. The Kier molecular flexibility index (Phi) is 7.33. The Morgan fingerprint density at radius 1 is 1.27 bits per heavy atom. The fraction of sp³-hybridized carbons (Fsp3) is 0.667. The maximum atomic E-state index is 9.96. The van der Waals surface area contributed by atoms with Gasteiger partial charge in [-0.25, -0.2) is 0 Å². The molecule has 0 saturated carbocycles. The molecule has 1 aromatic carbocycles. The third-order valence-corrected chi connectivity index (χ3v) is 3.83. The summed E-state index contributed by atoms with van der Waals surface area (Å²) in [6.07, 6.45) is 0.236. The molecule has 22 heavy (non-hydrogen) atoms. The van der Waals surface area contributed by atoms with Crippen molar-refractivity contribution in [1.82, 2.24) is 5.32 Å². The third-order valence-electron chi connectivity index (χ3n) is 3.83. The molecule has 0 unspecified atom stereocenters. The Morgan fingerprint density at radius 3 is 2.45 bits per heavy atom. The van der Waals surface area contributed by atoms with Gasteiger partial charge in [0.2, 0.25) is 0 Å². The first-order chi connectivity index (χ1) is 10.3. The van der Waals surface area contributed by atoms with Crippen molar-refractivity contribution in [2.24, 2.45) is 0 Å². The van der Waals surface area contributed by atoms with Crippen LogP contribution >= 0.6 is 0 Å². The Bertz CT molecular complexity index is 450. The molecule has 0 aromatic heterocycles. The molecule has 4 heteroatoms. The number of aliphatic hydroxyl groups excluding tert-OH is 2. The molecule has 0 fully saturated rings. The van der Waals surface area contributed by atoms with Crippen LogP contribution in [0.5, 0.6) is 5.75 Å². The molecule has 2 atom stereocenters. The third kappa shape index (κ3) is 5.95. The van der Waals surface area contributed by atoms with E-state index in [0.29, 0.717) is 6.54 Å². The van der Waals surface area contributed by atoms with E-state index in [2.05, 4.69) is 38.2 Å². The second-order valence-electron chi connectivity index (χ2n) is 6.89. The van der Waals surface area contributed by atoms with Crippen LogP contribution in [0.1, 0.15) is 45.2 Å². The van der Waals surface area contributed by atoms with E-state index in [1.165, 1.54) is 5.56 Å². The second-order valence-corrected chi connectivity index (χ2v) is 6.89. The summed E-state index contributed by atoms with van der Waals surface area (Å²) in [5.74, 6) is 0.807. The summed E-state index contributed by atoms with van der Waals surface area (Å²) < 4.78 is 5.71. The lowest BCUT2D eigenvalue weighted by molar-refractivity contribution is 0.0991. The minimum atomic E-state index is -0.595.